The molecule has 0 aliphatic rings. The van der Waals surface area contributed by atoms with E-state index >= 15 is 0 Å². The van der Waals surface area contributed by atoms with Crippen molar-refractivity contribution in [3.63, 3.8) is 0 Å². The van der Waals surface area contributed by atoms with Gasteiger partial charge in [0.25, 0.3) is 0 Å². The second-order valence-electron chi connectivity index (χ2n) is 25.8. The van der Waals surface area contributed by atoms with Gasteiger partial charge in [-0.25, -0.2) is 0 Å². The molecule has 9 heteroatoms. The van der Waals surface area contributed by atoms with Crippen LogP contribution in [-0.2, 0) is 34.7 Å². The van der Waals surface area contributed by atoms with Gasteiger partial charge in [-0.2, -0.15) is 15.0 Å². The number of rotatable bonds is 27. The Morgan fingerprint density at radius 3 is 1.66 bits per heavy atom. The maximum atomic E-state index is 5.44. The molecule has 6 aromatic heterocycles. The molecule has 6 heterocycles. The smallest absolute Gasteiger partial charge is 0.122 e. The highest BCUT2D eigenvalue weighted by atomic mass is 79.9. The van der Waals surface area contributed by atoms with Gasteiger partial charge in [0.2, 0.25) is 0 Å². The quantitative estimate of drug-likeness (QED) is 0.0380. The number of aryl methyl sites for hydroxylation is 1. The minimum atomic E-state index is -0.170. The summed E-state index contributed by atoms with van der Waals surface area (Å²) in [5.41, 5.74) is 9.69. The van der Waals surface area contributed by atoms with Crippen molar-refractivity contribution in [2.75, 3.05) is 5.33 Å². The summed E-state index contributed by atoms with van der Waals surface area (Å²) in [5, 5.41) is 14.4. The molecule has 9 rings (SSSR count). The summed E-state index contributed by atoms with van der Waals surface area (Å²) in [6.07, 6.45) is 15.8. The van der Waals surface area contributed by atoms with Gasteiger partial charge in [-0.3, -0.25) is 0 Å². The Kier molecular flexibility index (Phi) is 18.9. The molecule has 0 bridgehead atoms. The zero-order chi connectivity index (χ0) is 56.4. The predicted molar refractivity (Wildman–Crippen MR) is 356 cm³/mol. The Hall–Kier alpha value is -3.86. The van der Waals surface area contributed by atoms with Crippen LogP contribution < -0.4 is 0 Å². The van der Waals surface area contributed by atoms with Crippen LogP contribution in [0.4, 0.5) is 0 Å². The number of aromatic nitrogens is 4. The lowest BCUT2D eigenvalue weighted by Crippen LogP contribution is -2.39. The maximum Gasteiger partial charge on any atom is 0.122 e. The Bertz CT molecular complexity index is 3470. The lowest BCUT2D eigenvalue weighted by atomic mass is 9.63. The van der Waals surface area contributed by atoms with Gasteiger partial charge in [0, 0.05) is 89.1 Å². The first-order valence-corrected chi connectivity index (χ1v) is 34.5. The number of unbranched alkanes of at least 4 members (excludes halogenated alkanes) is 8. The zero-order valence-electron chi connectivity index (χ0n) is 50.4. The highest BCUT2D eigenvalue weighted by Gasteiger charge is 2.41. The normalized spacial score (nSPS) is 13.4. The van der Waals surface area contributed by atoms with E-state index < -0.39 is 0 Å². The number of nitrogens with zero attached hydrogens (tertiary/aromatic N) is 4. The van der Waals surface area contributed by atoms with E-state index in [1.165, 1.54) is 160 Å². The number of benzene rings is 3. The number of thiophene rings is 4. The maximum absolute atomic E-state index is 5.44. The van der Waals surface area contributed by atoms with Crippen molar-refractivity contribution in [2.24, 2.45) is 17.8 Å². The van der Waals surface area contributed by atoms with Crippen molar-refractivity contribution >= 4 is 94.1 Å². The van der Waals surface area contributed by atoms with Gasteiger partial charge in [0.15, 0.2) is 0 Å². The lowest BCUT2D eigenvalue weighted by molar-refractivity contribution is 0.308. The average Bonchev–Trinajstić information content (AvgIpc) is 4.19. The van der Waals surface area contributed by atoms with Crippen LogP contribution in [0.25, 0.3) is 73.2 Å². The first-order valence-electron chi connectivity index (χ1n) is 30.1. The van der Waals surface area contributed by atoms with E-state index in [0.717, 1.165) is 29.5 Å². The molecule has 79 heavy (non-hydrogen) atoms. The van der Waals surface area contributed by atoms with Gasteiger partial charge >= 0.3 is 0 Å². The molecule has 0 aliphatic heterocycles. The third-order valence-electron chi connectivity index (χ3n) is 19.2. The van der Waals surface area contributed by atoms with Crippen molar-refractivity contribution in [1.82, 2.24) is 19.6 Å². The molecule has 9 aromatic rings. The Morgan fingerprint density at radius 1 is 0.494 bits per heavy atom. The first kappa shape index (κ1) is 59.8. The first-order chi connectivity index (χ1) is 37.7. The molecule has 0 spiro atoms. The molecule has 0 aliphatic carbocycles. The Morgan fingerprint density at radius 2 is 1.01 bits per heavy atom. The third kappa shape index (κ3) is 12.3. The van der Waals surface area contributed by atoms with Gasteiger partial charge in [-0.15, -0.1) is 45.3 Å². The van der Waals surface area contributed by atoms with E-state index in [1.807, 2.05) is 45.3 Å². The van der Waals surface area contributed by atoms with Gasteiger partial charge in [0.1, 0.15) is 11.0 Å². The van der Waals surface area contributed by atoms with Gasteiger partial charge in [-0.05, 0) is 119 Å². The summed E-state index contributed by atoms with van der Waals surface area (Å²) in [5.74, 6) is 1.65. The molecular weight excluding hydrogens is 1100 g/mol. The van der Waals surface area contributed by atoms with Crippen LogP contribution in [0, 0.1) is 17.8 Å². The number of halogens is 1. The SMILES string of the molecule is CCCCCCCCC(CCCCCC)Cn1nc2c(-c3ccc(-c4ccc(C(C)(C)C(C)(C)c5ccc6c7ccc(-c8ccc(-c9ccc(C(C)(C)C(C)C)s9)s8)cc7n(CCBr)c6c5)s4)s3)ccc(C(C)(C)C(C)C)c2n1. The van der Waals surface area contributed by atoms with Gasteiger partial charge < -0.3 is 4.57 Å². The Balaban J connectivity index is 0.977. The molecule has 0 amide bonds. The van der Waals surface area contributed by atoms with Crippen LogP contribution in [0.1, 0.15) is 195 Å². The van der Waals surface area contributed by atoms with Gasteiger partial charge in [-0.1, -0.05) is 213 Å². The van der Waals surface area contributed by atoms with E-state index in [2.05, 4.69) is 219 Å². The number of alkyl halides is 1. The van der Waals surface area contributed by atoms with Crippen LogP contribution >= 0.6 is 61.3 Å². The molecule has 422 valence electrons. The molecule has 0 radical (unpaired) electrons. The number of hydrogen-bond acceptors (Lipinski definition) is 6. The van der Waals surface area contributed by atoms with Crippen molar-refractivity contribution < 1.29 is 0 Å². The molecule has 0 saturated heterocycles. The molecular formula is C70H91BrN4S4. The monoisotopic (exact) mass is 1190 g/mol. The van der Waals surface area contributed by atoms with Gasteiger partial charge in [0.05, 0.1) is 6.54 Å². The van der Waals surface area contributed by atoms with E-state index in [0.29, 0.717) is 17.8 Å². The minimum absolute atomic E-state index is 0.0392. The predicted octanol–water partition coefficient (Wildman–Crippen LogP) is 23.3. The summed E-state index contributed by atoms with van der Waals surface area (Å²) in [4.78, 5) is 12.9. The molecule has 0 N–H and O–H groups in total. The molecule has 1 unspecified atom stereocenters. The van der Waals surface area contributed by atoms with Crippen molar-refractivity contribution in [1.29, 1.82) is 0 Å². The third-order valence-corrected chi connectivity index (χ3v) is 25.0. The minimum Gasteiger partial charge on any atom is -0.340 e. The number of fused-ring (bicyclic) bond motifs is 4. The van der Waals surface area contributed by atoms with Crippen molar-refractivity contribution in [3.05, 3.63) is 118 Å². The second-order valence-corrected chi connectivity index (χ2v) is 31.0. The molecule has 0 saturated carbocycles. The van der Waals surface area contributed by atoms with Crippen LogP contribution in [0.15, 0.2) is 97.1 Å². The molecule has 1 atom stereocenters. The molecule has 0 fully saturated rings. The van der Waals surface area contributed by atoms with E-state index in [1.54, 1.807) is 0 Å². The molecule has 4 nitrogen and oxygen atoms in total. The second kappa shape index (κ2) is 24.9. The van der Waals surface area contributed by atoms with E-state index in [9.17, 15) is 0 Å². The highest BCUT2D eigenvalue weighted by molar-refractivity contribution is 9.09. The van der Waals surface area contributed by atoms with E-state index in [-0.39, 0.29) is 21.7 Å². The fraction of sp³-hybridized carbons (Fsp3) is 0.514. The summed E-state index contributed by atoms with van der Waals surface area (Å²) in [6, 6.07) is 37.9. The average molecular weight is 1200 g/mol. The van der Waals surface area contributed by atoms with Crippen LogP contribution in [0.5, 0.6) is 0 Å². The topological polar surface area (TPSA) is 35.6 Å². The summed E-state index contributed by atoms with van der Waals surface area (Å²) in [6.45, 7) is 35.1. The Labute approximate surface area is 500 Å². The van der Waals surface area contributed by atoms with Crippen LogP contribution in [-0.4, -0.2) is 24.9 Å². The fourth-order valence-corrected chi connectivity index (χ4v) is 16.7. The lowest BCUT2D eigenvalue weighted by Gasteiger charge is -2.42. The summed E-state index contributed by atoms with van der Waals surface area (Å²) in [7, 11) is 0. The standard InChI is InChI=1S/C70H91BrN4S4/c1-15-17-19-21-22-24-26-48(25-23-20-18-16-2)45-75-72-65-53(31-32-54(66(65)73-75)67(7,8)46(3)4)58-34-36-60(77-58)62-38-40-64(79-62)70(13,14)69(11,12)50-28-30-52-51-29-27-49(43-55(51)74(42-41-71)56(52)44-50)57-33-35-59(76-57)61-37-39-63(78-61)68(9,10)47(5)6/h27-40,43-44,46-48H,15-26,41-42,45H2,1-14H3. The van der Waals surface area contributed by atoms with Crippen molar-refractivity contribution in [3.8, 4) is 40.4 Å². The molecule has 3 aromatic carbocycles. The van der Waals surface area contributed by atoms with Crippen molar-refractivity contribution in [2.45, 2.75) is 209 Å². The largest absolute Gasteiger partial charge is 0.340 e. The van der Waals surface area contributed by atoms with Crippen LogP contribution in [0.2, 0.25) is 0 Å². The van der Waals surface area contributed by atoms with E-state index in [4.69, 9.17) is 10.2 Å². The number of hydrogen-bond donors (Lipinski definition) is 0. The highest BCUT2D eigenvalue weighted by Crippen LogP contribution is 2.51. The summed E-state index contributed by atoms with van der Waals surface area (Å²) >= 11 is 11.6. The summed E-state index contributed by atoms with van der Waals surface area (Å²) < 4.78 is 2.55. The van der Waals surface area contributed by atoms with Crippen LogP contribution in [0.3, 0.4) is 0 Å². The fourth-order valence-electron chi connectivity index (χ4n) is 11.6. The zero-order valence-corrected chi connectivity index (χ0v) is 55.2.